The lowest BCUT2D eigenvalue weighted by Crippen LogP contribution is -2.47. The van der Waals surface area contributed by atoms with Gasteiger partial charge in [-0.3, -0.25) is 14.5 Å². The highest BCUT2D eigenvalue weighted by molar-refractivity contribution is 6.06. The number of carbonyl (C=O) groups excluding carboxylic acids is 2. The predicted molar refractivity (Wildman–Crippen MR) is 65.2 cm³/mol. The van der Waals surface area contributed by atoms with Crippen LogP contribution in [-0.4, -0.2) is 34.5 Å². The minimum atomic E-state index is -0.528. The van der Waals surface area contributed by atoms with Crippen LogP contribution in [0.5, 0.6) is 0 Å². The Bertz CT molecular complexity index is 308. The summed E-state index contributed by atoms with van der Waals surface area (Å²) in [5, 5.41) is 9.36. The van der Waals surface area contributed by atoms with E-state index in [2.05, 4.69) is 0 Å². The van der Waals surface area contributed by atoms with E-state index in [1.165, 1.54) is 4.90 Å². The van der Waals surface area contributed by atoms with E-state index in [1.807, 2.05) is 27.7 Å². The number of amides is 2. The third kappa shape index (κ3) is 2.23. The van der Waals surface area contributed by atoms with Gasteiger partial charge in [-0.2, -0.15) is 0 Å². The lowest BCUT2D eigenvalue weighted by atomic mass is 9.81. The third-order valence-corrected chi connectivity index (χ3v) is 4.07. The van der Waals surface area contributed by atoms with Crippen molar-refractivity contribution in [2.75, 3.05) is 6.61 Å². The van der Waals surface area contributed by atoms with Gasteiger partial charge in [0.05, 0.1) is 18.1 Å². The Hall–Kier alpha value is -0.900. The Morgan fingerprint density at radius 1 is 1.29 bits per heavy atom. The van der Waals surface area contributed by atoms with Crippen LogP contribution >= 0.6 is 0 Å². The number of hydrogen-bond donors (Lipinski definition) is 1. The summed E-state index contributed by atoms with van der Waals surface area (Å²) in [7, 11) is 0. The Labute approximate surface area is 103 Å². The highest BCUT2D eigenvalue weighted by atomic mass is 16.3. The highest BCUT2D eigenvalue weighted by Gasteiger charge is 2.51. The lowest BCUT2D eigenvalue weighted by Gasteiger charge is -2.30. The molecule has 1 saturated heterocycles. The number of nitrogens with zero attached hydrogens (tertiary/aromatic N) is 1. The van der Waals surface area contributed by atoms with Gasteiger partial charge in [0.25, 0.3) is 0 Å². The van der Waals surface area contributed by atoms with Gasteiger partial charge in [0.1, 0.15) is 0 Å². The maximum absolute atomic E-state index is 12.4. The van der Waals surface area contributed by atoms with Crippen molar-refractivity contribution in [3.8, 4) is 0 Å². The van der Waals surface area contributed by atoms with Gasteiger partial charge < -0.3 is 5.11 Å². The molecule has 1 aliphatic heterocycles. The normalized spacial score (nSPS) is 21.4. The van der Waals surface area contributed by atoms with E-state index in [-0.39, 0.29) is 30.4 Å². The Morgan fingerprint density at radius 3 is 2.12 bits per heavy atom. The lowest BCUT2D eigenvalue weighted by molar-refractivity contribution is -0.146. The molecule has 1 fully saturated rings. The SMILES string of the molecule is CCC1(CC)CC(=O)N(C(CO)C(C)C)C1=O. The number of rotatable bonds is 5. The molecule has 0 aliphatic carbocycles. The second kappa shape index (κ2) is 5.17. The van der Waals surface area contributed by atoms with E-state index in [9.17, 15) is 14.7 Å². The van der Waals surface area contributed by atoms with Crippen molar-refractivity contribution in [3.05, 3.63) is 0 Å². The molecule has 4 nitrogen and oxygen atoms in total. The molecule has 4 heteroatoms. The summed E-state index contributed by atoms with van der Waals surface area (Å²) in [6, 6.07) is -0.380. The molecule has 1 N–H and O–H groups in total. The molecule has 0 spiro atoms. The van der Waals surface area contributed by atoms with Crippen molar-refractivity contribution in [2.24, 2.45) is 11.3 Å². The largest absolute Gasteiger partial charge is 0.394 e. The molecule has 0 aromatic heterocycles. The maximum atomic E-state index is 12.4. The van der Waals surface area contributed by atoms with Crippen molar-refractivity contribution in [3.63, 3.8) is 0 Å². The first kappa shape index (κ1) is 14.2. The molecular weight excluding hydrogens is 218 g/mol. The first-order chi connectivity index (χ1) is 7.93. The number of hydrogen-bond acceptors (Lipinski definition) is 3. The molecule has 0 saturated carbocycles. The van der Waals surface area contributed by atoms with Crippen LogP contribution in [-0.2, 0) is 9.59 Å². The Balaban J connectivity index is 3.03. The minimum Gasteiger partial charge on any atom is -0.394 e. The molecule has 17 heavy (non-hydrogen) atoms. The van der Waals surface area contributed by atoms with Gasteiger partial charge in [-0.05, 0) is 18.8 Å². The average molecular weight is 241 g/mol. The molecule has 1 aliphatic rings. The second-order valence-corrected chi connectivity index (χ2v) is 5.23. The van der Waals surface area contributed by atoms with Crippen molar-refractivity contribution < 1.29 is 14.7 Å². The monoisotopic (exact) mass is 241 g/mol. The highest BCUT2D eigenvalue weighted by Crippen LogP contribution is 2.40. The quantitative estimate of drug-likeness (QED) is 0.743. The molecule has 1 unspecified atom stereocenters. The number of aliphatic hydroxyl groups excluding tert-OH is 1. The molecule has 1 heterocycles. The van der Waals surface area contributed by atoms with Crippen molar-refractivity contribution in [1.29, 1.82) is 0 Å². The van der Waals surface area contributed by atoms with Gasteiger partial charge >= 0.3 is 0 Å². The zero-order valence-corrected chi connectivity index (χ0v) is 11.2. The van der Waals surface area contributed by atoms with E-state index in [1.54, 1.807) is 0 Å². The van der Waals surface area contributed by atoms with Gasteiger partial charge in [-0.15, -0.1) is 0 Å². The van der Waals surface area contributed by atoms with Crippen molar-refractivity contribution in [1.82, 2.24) is 4.90 Å². The molecule has 2 amide bonds. The summed E-state index contributed by atoms with van der Waals surface area (Å²) in [5.41, 5.74) is -0.528. The van der Waals surface area contributed by atoms with Crippen LogP contribution in [0.2, 0.25) is 0 Å². The van der Waals surface area contributed by atoms with Gasteiger partial charge in [0.15, 0.2) is 0 Å². The van der Waals surface area contributed by atoms with Crippen LogP contribution < -0.4 is 0 Å². The van der Waals surface area contributed by atoms with E-state index < -0.39 is 5.41 Å². The van der Waals surface area contributed by atoms with E-state index in [0.29, 0.717) is 19.3 Å². The summed E-state index contributed by atoms with van der Waals surface area (Å²) in [6.45, 7) is 7.57. The summed E-state index contributed by atoms with van der Waals surface area (Å²) < 4.78 is 0. The average Bonchev–Trinajstić information content (AvgIpc) is 2.54. The van der Waals surface area contributed by atoms with Crippen molar-refractivity contribution >= 4 is 11.8 Å². The summed E-state index contributed by atoms with van der Waals surface area (Å²) >= 11 is 0. The van der Waals surface area contributed by atoms with Crippen molar-refractivity contribution in [2.45, 2.75) is 53.0 Å². The third-order valence-electron chi connectivity index (χ3n) is 4.07. The fourth-order valence-electron chi connectivity index (χ4n) is 2.55. The fourth-order valence-corrected chi connectivity index (χ4v) is 2.55. The van der Waals surface area contributed by atoms with Crippen LogP contribution in [0.1, 0.15) is 47.0 Å². The number of likely N-dealkylation sites (tertiary alicyclic amines) is 1. The van der Waals surface area contributed by atoms with Crippen LogP contribution in [0.4, 0.5) is 0 Å². The molecule has 0 aromatic carbocycles. The van der Waals surface area contributed by atoms with E-state index in [0.717, 1.165) is 0 Å². The maximum Gasteiger partial charge on any atom is 0.236 e. The summed E-state index contributed by atoms with van der Waals surface area (Å²) in [4.78, 5) is 25.7. The molecule has 1 atom stereocenters. The topological polar surface area (TPSA) is 57.6 Å². The van der Waals surface area contributed by atoms with Gasteiger partial charge in [0.2, 0.25) is 11.8 Å². The molecule has 0 radical (unpaired) electrons. The zero-order valence-electron chi connectivity index (χ0n) is 11.2. The van der Waals surface area contributed by atoms with Gasteiger partial charge in [-0.25, -0.2) is 0 Å². The van der Waals surface area contributed by atoms with Crippen LogP contribution in [0, 0.1) is 11.3 Å². The smallest absolute Gasteiger partial charge is 0.236 e. The van der Waals surface area contributed by atoms with E-state index in [4.69, 9.17) is 0 Å². The molecule has 1 rings (SSSR count). The first-order valence-corrected chi connectivity index (χ1v) is 6.40. The van der Waals surface area contributed by atoms with Gasteiger partial charge in [0, 0.05) is 6.42 Å². The molecular formula is C13H23NO3. The number of aliphatic hydroxyl groups is 1. The molecule has 0 aromatic rings. The predicted octanol–water partition coefficient (Wildman–Crippen LogP) is 1.57. The van der Waals surface area contributed by atoms with Crippen LogP contribution in [0.15, 0.2) is 0 Å². The molecule has 98 valence electrons. The first-order valence-electron chi connectivity index (χ1n) is 6.40. The second-order valence-electron chi connectivity index (χ2n) is 5.23. The summed E-state index contributed by atoms with van der Waals surface area (Å²) in [5.74, 6) is -0.149. The standard InChI is InChI=1S/C13H23NO3/c1-5-13(6-2)7-11(16)14(12(13)17)10(8-15)9(3)4/h9-10,15H,5-8H2,1-4H3. The Kier molecular flexibility index (Phi) is 4.31. The minimum absolute atomic E-state index is 0.0809. The number of imide groups is 1. The van der Waals surface area contributed by atoms with E-state index >= 15 is 0 Å². The zero-order chi connectivity index (χ0) is 13.2. The summed E-state index contributed by atoms with van der Waals surface area (Å²) in [6.07, 6.45) is 1.66. The fraction of sp³-hybridized carbons (Fsp3) is 0.846. The van der Waals surface area contributed by atoms with Crippen LogP contribution in [0.25, 0.3) is 0 Å². The van der Waals surface area contributed by atoms with Crippen LogP contribution in [0.3, 0.4) is 0 Å². The number of carbonyl (C=O) groups is 2. The Morgan fingerprint density at radius 2 is 1.82 bits per heavy atom. The molecule has 0 bridgehead atoms. The van der Waals surface area contributed by atoms with Gasteiger partial charge in [-0.1, -0.05) is 27.7 Å².